The molecule has 30 atom stereocenters. The third kappa shape index (κ3) is 14.9. The molecule has 9 nitrogen and oxygen atoms in total. The summed E-state index contributed by atoms with van der Waals surface area (Å²) in [7, 11) is 0. The summed E-state index contributed by atoms with van der Waals surface area (Å²) >= 11 is 0. The molecule has 0 spiro atoms. The Bertz CT molecular complexity index is 2420. The summed E-state index contributed by atoms with van der Waals surface area (Å²) in [5.41, 5.74) is -0.214. The highest BCUT2D eigenvalue weighted by Crippen LogP contribution is 2.73. The fraction of sp³-hybridized carbons (Fsp3) is 0.977. The normalized spacial score (nSPS) is 47.7. The van der Waals surface area contributed by atoms with Gasteiger partial charge < -0.3 is 35.0 Å². The van der Waals surface area contributed by atoms with Crippen molar-refractivity contribution in [1.29, 1.82) is 0 Å². The lowest BCUT2D eigenvalue weighted by Crippen LogP contribution is -2.59. The molecule has 12 aliphatic carbocycles. The smallest absolute Gasteiger partial charge is 0.302 e. The molecule has 0 aromatic rings. The molecule has 12 fully saturated rings. The minimum atomic E-state index is -0.588. The molecule has 5 N–H and O–H groups in total. The second kappa shape index (κ2) is 30.4. The van der Waals surface area contributed by atoms with Gasteiger partial charge in [0.2, 0.25) is 0 Å². The van der Waals surface area contributed by atoms with E-state index < -0.39 is 16.8 Å². The molecule has 0 radical (unpaired) electrons. The maximum absolute atomic E-state index is 12.1. The molecule has 0 heterocycles. The Hall–Kier alpha value is -1.26. The first kappa shape index (κ1) is 77.4. The van der Waals surface area contributed by atoms with Gasteiger partial charge in [-0.3, -0.25) is 9.59 Å². The first-order chi connectivity index (χ1) is 45.2. The van der Waals surface area contributed by atoms with E-state index in [1.807, 2.05) is 0 Å². The molecule has 0 saturated heterocycles. The summed E-state index contributed by atoms with van der Waals surface area (Å²) < 4.78 is 12.1. The van der Waals surface area contributed by atoms with Crippen molar-refractivity contribution in [3.8, 4) is 0 Å². The van der Waals surface area contributed by atoms with E-state index in [1.54, 1.807) is 6.92 Å². The highest BCUT2D eigenvalue weighted by Gasteiger charge is 2.68. The van der Waals surface area contributed by atoms with E-state index in [2.05, 4.69) is 96.9 Å². The number of carbonyl (C=O) groups is 2. The second-order valence-electron chi connectivity index (χ2n) is 39.8. The molecule has 12 saturated carbocycles. The third-order valence-corrected chi connectivity index (χ3v) is 34.0. The van der Waals surface area contributed by atoms with Gasteiger partial charge in [-0.25, -0.2) is 0 Å². The number of hydrogen-bond acceptors (Lipinski definition) is 9. The van der Waals surface area contributed by atoms with E-state index in [4.69, 9.17) is 9.47 Å². The molecule has 0 aromatic heterocycles. The van der Waals surface area contributed by atoms with E-state index in [0.29, 0.717) is 81.8 Å². The van der Waals surface area contributed by atoms with Crippen LogP contribution in [0, 0.1) is 133 Å². The molecule has 12 rings (SSSR count). The molecule has 0 aliphatic heterocycles. The number of rotatable bonds is 20. The average Bonchev–Trinajstić information content (AvgIpc) is 1.34. The largest absolute Gasteiger partial charge is 0.462 e. The van der Waals surface area contributed by atoms with Crippen LogP contribution in [-0.4, -0.2) is 78.7 Å². The van der Waals surface area contributed by atoms with Crippen LogP contribution in [0.5, 0.6) is 0 Å². The van der Waals surface area contributed by atoms with Gasteiger partial charge in [-0.05, 0) is 303 Å². The van der Waals surface area contributed by atoms with Gasteiger partial charge in [0, 0.05) is 25.7 Å². The number of hydrogen-bond donors (Lipinski definition) is 5. The molecule has 0 bridgehead atoms. The molecule has 12 aliphatic rings. The Morgan fingerprint density at radius 2 is 0.667 bits per heavy atom. The van der Waals surface area contributed by atoms with Crippen LogP contribution >= 0.6 is 0 Å². The maximum atomic E-state index is 12.1. The Kier molecular flexibility index (Phi) is 24.5. The van der Waals surface area contributed by atoms with Gasteiger partial charge in [-0.15, -0.1) is 0 Å². The van der Waals surface area contributed by atoms with E-state index in [1.165, 1.54) is 180 Å². The SMILES string of the molecule is CCCCCC[C@](C)(O)[C@H]1CC[C@H]2[C@@H]3C[C@H](O)[C@H]4C[C@@H](C)CC[C@]4(C)[C@H]3CC[C@@]21C.CCCCCC[C@](C)(O)[C@H]1CC[C@H]2[C@@H]3C[C@H](OC(C)=O)[C@H]4C[C@@H](C)CC[C@]4(C)[C@H]3CC[C@@]21C.CCCCCC[C@](C)(O)[C@H]1CC[C@H]2[C@@H]3C[C@H](OC(C)=O)[C@H]4C[C@@H](O)CC[C@]4(C)[C@H]3CC[C@@]21C. The van der Waals surface area contributed by atoms with Crippen LogP contribution in [0.2, 0.25) is 0 Å². The van der Waals surface area contributed by atoms with Crippen molar-refractivity contribution < 1.29 is 44.6 Å². The first-order valence-corrected chi connectivity index (χ1v) is 42.1. The lowest BCUT2D eigenvalue weighted by Gasteiger charge is -2.63. The van der Waals surface area contributed by atoms with Crippen molar-refractivity contribution >= 4 is 11.9 Å². The second-order valence-corrected chi connectivity index (χ2v) is 39.8. The van der Waals surface area contributed by atoms with Gasteiger partial charge in [0.1, 0.15) is 12.2 Å². The predicted octanol–water partition coefficient (Wildman–Crippen LogP) is 20.8. The van der Waals surface area contributed by atoms with Gasteiger partial charge >= 0.3 is 11.9 Å². The van der Waals surface area contributed by atoms with Gasteiger partial charge in [-0.2, -0.15) is 0 Å². The van der Waals surface area contributed by atoms with Crippen LogP contribution < -0.4 is 0 Å². The molecule has 0 amide bonds. The zero-order chi connectivity index (χ0) is 69.8. The Morgan fingerprint density at radius 1 is 0.365 bits per heavy atom. The Morgan fingerprint density at radius 3 is 1.02 bits per heavy atom. The summed E-state index contributed by atoms with van der Waals surface area (Å²) in [6, 6.07) is 0. The number of aliphatic hydroxyl groups is 5. The van der Waals surface area contributed by atoms with Crippen LogP contribution in [0.15, 0.2) is 0 Å². The number of esters is 2. The molecule has 554 valence electrons. The van der Waals surface area contributed by atoms with E-state index in [0.717, 1.165) is 101 Å². The lowest BCUT2D eigenvalue weighted by atomic mass is 9.43. The zero-order valence-electron chi connectivity index (χ0n) is 65.1. The summed E-state index contributed by atoms with van der Waals surface area (Å²) in [4.78, 5) is 24.1. The van der Waals surface area contributed by atoms with Crippen molar-refractivity contribution in [2.45, 2.75) is 402 Å². The van der Waals surface area contributed by atoms with Crippen molar-refractivity contribution in [2.24, 2.45) is 133 Å². The minimum Gasteiger partial charge on any atom is -0.462 e. The monoisotopic (exact) mass is 1340 g/mol. The summed E-state index contributed by atoms with van der Waals surface area (Å²) in [5.74, 6) is 9.81. The van der Waals surface area contributed by atoms with Crippen LogP contribution in [0.4, 0.5) is 0 Å². The fourth-order valence-corrected chi connectivity index (χ4v) is 29.2. The minimum absolute atomic E-state index is 0.0698. The van der Waals surface area contributed by atoms with Crippen molar-refractivity contribution in [3.05, 3.63) is 0 Å². The van der Waals surface area contributed by atoms with Crippen molar-refractivity contribution in [2.75, 3.05) is 0 Å². The van der Waals surface area contributed by atoms with Crippen LogP contribution in [0.3, 0.4) is 0 Å². The maximum Gasteiger partial charge on any atom is 0.302 e. The van der Waals surface area contributed by atoms with E-state index in [-0.39, 0.29) is 63.9 Å². The standard InChI is InChI=1S/C30H52O3.C29H50O4.C28H50O2/c1-7-8-9-10-15-30(6,32)27-12-11-23-22-19-26(33-21(3)31)25-18-20(2)13-16-28(25,4)24(22)14-17-29(23,27)5;1-6-7-8-9-14-29(5,32)26-11-10-22-21-18-25(33-19(2)30)24-17-20(31)12-15-27(24,3)23(21)13-16-28(22,26)4;1-6-7-8-9-14-28(5,30)25-11-10-21-20-18-24(29)23-17-19(2)12-15-26(23,3)22(20)13-16-27(21,25)4/h20,22-27,32H,7-19H2,1-6H3;20-26,31-32H,6-18H2,1-5H3;19-25,29-30H,6-18H2,1-5H3/t20-,22-,23-,24-,25+,26-,27-,28+,29-,30-;20-,21-,22-,23-,24+,25-,26-,27+,28-,29-;19-,20-,21-,22-,23+,24-,25-,26+,27-,28-/m000/s1. The molecular formula is C87H152O9. The number of carbonyl (C=O) groups excluding carboxylic acids is 2. The highest BCUT2D eigenvalue weighted by molar-refractivity contribution is 5.66. The number of unbranched alkanes of at least 4 members (excludes halogenated alkanes) is 9. The van der Waals surface area contributed by atoms with Gasteiger partial charge in [0.15, 0.2) is 0 Å². The summed E-state index contributed by atoms with van der Waals surface area (Å²) in [6.45, 7) is 36.1. The average molecular weight is 1340 g/mol. The van der Waals surface area contributed by atoms with Crippen molar-refractivity contribution in [3.63, 3.8) is 0 Å². The Labute approximate surface area is 589 Å². The summed E-state index contributed by atoms with van der Waals surface area (Å²) in [5, 5.41) is 56.7. The van der Waals surface area contributed by atoms with Gasteiger partial charge in [-0.1, -0.05) is 166 Å². The van der Waals surface area contributed by atoms with Gasteiger partial charge in [0.05, 0.1) is 29.0 Å². The van der Waals surface area contributed by atoms with Gasteiger partial charge in [0.25, 0.3) is 0 Å². The number of fused-ring (bicyclic) bond motifs is 15. The lowest BCUT2D eigenvalue weighted by molar-refractivity contribution is -0.195. The third-order valence-electron chi connectivity index (χ3n) is 34.0. The first-order valence-electron chi connectivity index (χ1n) is 42.1. The number of aliphatic hydroxyl groups excluding tert-OH is 2. The van der Waals surface area contributed by atoms with E-state index in [9.17, 15) is 35.1 Å². The molecule has 0 unspecified atom stereocenters. The quantitative estimate of drug-likeness (QED) is 0.0592. The van der Waals surface area contributed by atoms with Crippen LogP contribution in [0.25, 0.3) is 0 Å². The number of ether oxygens (including phenoxy) is 2. The van der Waals surface area contributed by atoms with E-state index >= 15 is 0 Å². The molecule has 0 aromatic carbocycles. The molecule has 96 heavy (non-hydrogen) atoms. The molecular weight excluding hydrogens is 1190 g/mol. The van der Waals surface area contributed by atoms with Crippen molar-refractivity contribution in [1.82, 2.24) is 0 Å². The summed E-state index contributed by atoms with van der Waals surface area (Å²) in [6.07, 6.45) is 45.5. The fourth-order valence-electron chi connectivity index (χ4n) is 29.2. The topological polar surface area (TPSA) is 154 Å². The molecule has 9 heteroatoms. The highest BCUT2D eigenvalue weighted by atomic mass is 16.5. The van der Waals surface area contributed by atoms with Crippen LogP contribution in [-0.2, 0) is 19.1 Å². The Balaban J connectivity index is 0.000000157. The predicted molar refractivity (Wildman–Crippen MR) is 391 cm³/mol. The van der Waals surface area contributed by atoms with Crippen LogP contribution in [0.1, 0.15) is 361 Å². The zero-order valence-corrected chi connectivity index (χ0v) is 65.1.